The van der Waals surface area contributed by atoms with Crippen molar-refractivity contribution < 1.29 is 0 Å². The molecule has 45 heavy (non-hydrogen) atoms. The third-order valence-corrected chi connectivity index (χ3v) is 8.47. The van der Waals surface area contributed by atoms with Crippen molar-refractivity contribution in [2.24, 2.45) is 0 Å². The first-order valence-electron chi connectivity index (χ1n) is 15.0. The van der Waals surface area contributed by atoms with Crippen LogP contribution in [0.3, 0.4) is 0 Å². The van der Waals surface area contributed by atoms with Crippen LogP contribution in [0.5, 0.6) is 0 Å². The first-order chi connectivity index (χ1) is 22.3. The Morgan fingerprint density at radius 2 is 1.00 bits per heavy atom. The molecule has 5 heteroatoms. The second-order valence-electron chi connectivity index (χ2n) is 11.2. The minimum absolute atomic E-state index is 0.641. The highest BCUT2D eigenvalue weighted by Gasteiger charge is 2.18. The Hall–Kier alpha value is -6.20. The van der Waals surface area contributed by atoms with E-state index >= 15 is 0 Å². The summed E-state index contributed by atoms with van der Waals surface area (Å²) in [5.74, 6) is 1.95. The Morgan fingerprint density at radius 1 is 0.400 bits per heavy atom. The van der Waals surface area contributed by atoms with Gasteiger partial charge < -0.3 is 4.57 Å². The third kappa shape index (κ3) is 4.25. The first-order valence-corrected chi connectivity index (χ1v) is 15.0. The number of hydrogen-bond donors (Lipinski definition) is 0. The van der Waals surface area contributed by atoms with Gasteiger partial charge in [-0.2, -0.15) is 0 Å². The molecule has 0 amide bonds. The Kier molecular flexibility index (Phi) is 5.74. The standard InChI is InChI=1S/C40H25N5/c1-3-9-27(10-4-1)38-42-39(28-11-5-2-6-12-28)44-40(43-38)29-18-20-33(21-19-29)45-34-15-7-13-26-16-17-30-23-32(31-14-8-22-41-25-31)24-35(45)37(30)36(26)34/h1-25H. The maximum Gasteiger partial charge on any atom is 0.164 e. The van der Waals surface area contributed by atoms with Crippen molar-refractivity contribution in [3.8, 4) is 51.0 Å². The molecule has 0 spiro atoms. The van der Waals surface area contributed by atoms with E-state index in [4.69, 9.17) is 15.0 Å². The summed E-state index contributed by atoms with van der Waals surface area (Å²) in [7, 11) is 0. The van der Waals surface area contributed by atoms with E-state index in [-0.39, 0.29) is 0 Å². The average Bonchev–Trinajstić information content (AvgIpc) is 3.47. The molecule has 0 atom stereocenters. The summed E-state index contributed by atoms with van der Waals surface area (Å²) >= 11 is 0. The highest BCUT2D eigenvalue weighted by molar-refractivity contribution is 6.25. The molecule has 0 radical (unpaired) electrons. The Morgan fingerprint density at radius 3 is 1.64 bits per heavy atom. The van der Waals surface area contributed by atoms with Crippen LogP contribution in [0.15, 0.2) is 152 Å². The number of benzene rings is 6. The third-order valence-electron chi connectivity index (χ3n) is 8.47. The summed E-state index contributed by atoms with van der Waals surface area (Å²) in [6, 6.07) is 48.3. The first kappa shape index (κ1) is 25.3. The molecular weight excluding hydrogens is 550 g/mol. The van der Waals surface area contributed by atoms with Crippen molar-refractivity contribution in [2.75, 3.05) is 0 Å². The molecule has 5 nitrogen and oxygen atoms in total. The predicted octanol–water partition coefficient (Wildman–Crippen LogP) is 9.62. The molecule has 0 unspecified atom stereocenters. The van der Waals surface area contributed by atoms with E-state index in [1.54, 1.807) is 0 Å². The molecule has 3 heterocycles. The van der Waals surface area contributed by atoms with Crippen LogP contribution in [0.2, 0.25) is 0 Å². The maximum atomic E-state index is 4.93. The molecule has 0 aliphatic rings. The van der Waals surface area contributed by atoms with E-state index < -0.39 is 0 Å². The summed E-state index contributed by atoms with van der Waals surface area (Å²) in [4.78, 5) is 19.1. The highest BCUT2D eigenvalue weighted by atomic mass is 15.0. The second-order valence-corrected chi connectivity index (χ2v) is 11.2. The molecule has 0 saturated heterocycles. The molecule has 9 rings (SSSR count). The molecule has 0 aliphatic carbocycles. The lowest BCUT2D eigenvalue weighted by Gasteiger charge is -2.11. The summed E-state index contributed by atoms with van der Waals surface area (Å²) in [5.41, 5.74) is 8.51. The minimum Gasteiger partial charge on any atom is -0.309 e. The van der Waals surface area contributed by atoms with Crippen LogP contribution in [0.1, 0.15) is 0 Å². The van der Waals surface area contributed by atoms with E-state index in [1.165, 1.54) is 32.6 Å². The molecule has 9 aromatic rings. The van der Waals surface area contributed by atoms with Crippen LogP contribution in [0, 0.1) is 0 Å². The number of nitrogens with zero attached hydrogens (tertiary/aromatic N) is 5. The molecule has 0 N–H and O–H groups in total. The fraction of sp³-hybridized carbons (Fsp3) is 0. The van der Waals surface area contributed by atoms with Gasteiger partial charge in [0.1, 0.15) is 0 Å². The number of rotatable bonds is 5. The van der Waals surface area contributed by atoms with Crippen LogP contribution in [-0.4, -0.2) is 24.5 Å². The van der Waals surface area contributed by atoms with Crippen LogP contribution in [0.4, 0.5) is 0 Å². The highest BCUT2D eigenvalue weighted by Crippen LogP contribution is 2.41. The Labute approximate surface area is 259 Å². The maximum absolute atomic E-state index is 4.93. The lowest BCUT2D eigenvalue weighted by Crippen LogP contribution is -2.00. The smallest absolute Gasteiger partial charge is 0.164 e. The van der Waals surface area contributed by atoms with Crippen LogP contribution in [-0.2, 0) is 0 Å². The summed E-state index contributed by atoms with van der Waals surface area (Å²) < 4.78 is 2.37. The second kappa shape index (κ2) is 10.2. The van der Waals surface area contributed by atoms with Gasteiger partial charge in [0, 0.05) is 51.1 Å². The van der Waals surface area contributed by atoms with Crippen molar-refractivity contribution in [1.82, 2.24) is 24.5 Å². The van der Waals surface area contributed by atoms with Gasteiger partial charge in [-0.3, -0.25) is 4.98 Å². The number of aromatic nitrogens is 5. The fourth-order valence-electron chi connectivity index (χ4n) is 6.37. The van der Waals surface area contributed by atoms with E-state index in [9.17, 15) is 0 Å². The number of pyridine rings is 1. The zero-order valence-electron chi connectivity index (χ0n) is 24.2. The molecule has 0 fully saturated rings. The van der Waals surface area contributed by atoms with Crippen molar-refractivity contribution in [2.45, 2.75) is 0 Å². The van der Waals surface area contributed by atoms with Gasteiger partial charge in [-0.25, -0.2) is 15.0 Å². The van der Waals surface area contributed by atoms with E-state index in [0.717, 1.165) is 33.5 Å². The SMILES string of the molecule is c1ccc(-c2nc(-c3ccccc3)nc(-c3ccc(-n4c5cccc6ccc7cc(-c8cccnc8)cc4c7c65)cc3)n2)cc1. The van der Waals surface area contributed by atoms with E-state index in [1.807, 2.05) is 79.1 Å². The Balaban J connectivity index is 1.22. The topological polar surface area (TPSA) is 56.5 Å². The normalized spacial score (nSPS) is 11.6. The lowest BCUT2D eigenvalue weighted by molar-refractivity contribution is 1.07. The van der Waals surface area contributed by atoms with Crippen LogP contribution < -0.4 is 0 Å². The van der Waals surface area contributed by atoms with Crippen molar-refractivity contribution in [3.63, 3.8) is 0 Å². The zero-order chi connectivity index (χ0) is 29.7. The number of hydrogen-bond acceptors (Lipinski definition) is 4. The van der Waals surface area contributed by atoms with Crippen molar-refractivity contribution in [1.29, 1.82) is 0 Å². The van der Waals surface area contributed by atoms with E-state index in [2.05, 4.69) is 82.3 Å². The molecule has 3 aromatic heterocycles. The molecule has 6 aromatic carbocycles. The van der Waals surface area contributed by atoms with E-state index in [0.29, 0.717) is 17.5 Å². The molecular formula is C40H25N5. The van der Waals surface area contributed by atoms with Crippen LogP contribution in [0.25, 0.3) is 83.6 Å². The minimum atomic E-state index is 0.641. The largest absolute Gasteiger partial charge is 0.309 e. The van der Waals surface area contributed by atoms with Gasteiger partial charge in [0.15, 0.2) is 17.5 Å². The van der Waals surface area contributed by atoms with Gasteiger partial charge in [-0.05, 0) is 64.9 Å². The van der Waals surface area contributed by atoms with Gasteiger partial charge in [0.05, 0.1) is 11.0 Å². The quantitative estimate of drug-likeness (QED) is 0.192. The van der Waals surface area contributed by atoms with Crippen molar-refractivity contribution >= 4 is 32.6 Å². The van der Waals surface area contributed by atoms with Crippen molar-refractivity contribution in [3.05, 3.63) is 152 Å². The molecule has 0 saturated carbocycles. The molecule has 0 aliphatic heterocycles. The van der Waals surface area contributed by atoms with Gasteiger partial charge >= 0.3 is 0 Å². The van der Waals surface area contributed by atoms with Crippen LogP contribution >= 0.6 is 0 Å². The average molecular weight is 576 g/mol. The van der Waals surface area contributed by atoms with Gasteiger partial charge in [-0.1, -0.05) is 91.0 Å². The molecule has 210 valence electrons. The molecule has 0 bridgehead atoms. The van der Waals surface area contributed by atoms with Gasteiger partial charge in [-0.15, -0.1) is 0 Å². The monoisotopic (exact) mass is 575 g/mol. The zero-order valence-corrected chi connectivity index (χ0v) is 24.2. The summed E-state index contributed by atoms with van der Waals surface area (Å²) in [6.45, 7) is 0. The fourth-order valence-corrected chi connectivity index (χ4v) is 6.37. The predicted molar refractivity (Wildman–Crippen MR) is 182 cm³/mol. The lowest BCUT2D eigenvalue weighted by atomic mass is 9.98. The van der Waals surface area contributed by atoms with Gasteiger partial charge in [0.25, 0.3) is 0 Å². The summed E-state index contributed by atoms with van der Waals surface area (Å²) in [5, 5.41) is 5.01. The van der Waals surface area contributed by atoms with Gasteiger partial charge in [0.2, 0.25) is 0 Å². The Bertz CT molecular complexity index is 2390. The summed E-state index contributed by atoms with van der Waals surface area (Å²) in [6.07, 6.45) is 3.74.